The van der Waals surface area contributed by atoms with Gasteiger partial charge in [-0.3, -0.25) is 0 Å². The van der Waals surface area contributed by atoms with Crippen molar-refractivity contribution in [1.29, 1.82) is 0 Å². The number of hydrogen-bond acceptors (Lipinski definition) is 3. The maximum atomic E-state index is 13.8. The number of methoxy groups -OCH3 is 1. The normalized spacial score (nSPS) is 24.5. The Morgan fingerprint density at radius 3 is 2.93 bits per heavy atom. The van der Waals surface area contributed by atoms with Crippen LogP contribution in [0.2, 0.25) is 0 Å². The fourth-order valence-corrected chi connectivity index (χ4v) is 1.67. The summed E-state index contributed by atoms with van der Waals surface area (Å²) in [6.07, 6.45) is -2.14. The molecule has 15 heavy (non-hydrogen) atoms. The number of carbonyl (C=O) groups is 1. The molecule has 0 aromatic heterocycles. The average Bonchev–Trinajstić information content (AvgIpc) is 2.26. The molecule has 2 atom stereocenters. The highest BCUT2D eigenvalue weighted by molar-refractivity contribution is 5.92. The predicted octanol–water partition coefficient (Wildman–Crippen LogP) is 1.88. The lowest BCUT2D eigenvalue weighted by atomic mass is 9.97. The Hall–Kier alpha value is -1.42. The number of ether oxygens (including phenoxy) is 2. The molecule has 0 radical (unpaired) electrons. The molecule has 1 heterocycles. The molecule has 0 unspecified atom stereocenters. The van der Waals surface area contributed by atoms with Gasteiger partial charge in [0.15, 0.2) is 12.3 Å². The number of benzene rings is 1. The molecular weight excluding hydrogens is 199 g/mol. The van der Waals surface area contributed by atoms with Crippen molar-refractivity contribution in [3.05, 3.63) is 35.4 Å². The number of alkyl halides is 1. The van der Waals surface area contributed by atoms with Crippen LogP contribution in [0.15, 0.2) is 24.3 Å². The van der Waals surface area contributed by atoms with E-state index in [2.05, 4.69) is 0 Å². The van der Waals surface area contributed by atoms with E-state index < -0.39 is 18.2 Å². The van der Waals surface area contributed by atoms with E-state index in [4.69, 9.17) is 9.47 Å². The van der Waals surface area contributed by atoms with Gasteiger partial charge in [-0.25, -0.2) is 9.18 Å². The summed E-state index contributed by atoms with van der Waals surface area (Å²) in [7, 11) is 1.45. The van der Waals surface area contributed by atoms with Gasteiger partial charge >= 0.3 is 5.97 Å². The SMILES string of the molecule is COC[C@@H]1OC(=O)c2ccccc2[C@@H]1F. The second kappa shape index (κ2) is 3.98. The highest BCUT2D eigenvalue weighted by atomic mass is 19.1. The van der Waals surface area contributed by atoms with E-state index in [1.165, 1.54) is 7.11 Å². The number of fused-ring (bicyclic) bond motifs is 1. The molecule has 1 aliphatic rings. The van der Waals surface area contributed by atoms with Gasteiger partial charge < -0.3 is 9.47 Å². The third-order valence-corrected chi connectivity index (χ3v) is 2.39. The summed E-state index contributed by atoms with van der Waals surface area (Å²) >= 11 is 0. The van der Waals surface area contributed by atoms with Gasteiger partial charge in [0.2, 0.25) is 0 Å². The minimum atomic E-state index is -1.31. The maximum absolute atomic E-state index is 13.8. The van der Waals surface area contributed by atoms with Crippen LogP contribution in [0.5, 0.6) is 0 Å². The Kier molecular flexibility index (Phi) is 2.68. The zero-order valence-electron chi connectivity index (χ0n) is 8.27. The van der Waals surface area contributed by atoms with Crippen LogP contribution >= 0.6 is 0 Å². The Labute approximate surface area is 86.8 Å². The lowest BCUT2D eigenvalue weighted by Crippen LogP contribution is -2.33. The molecule has 0 aliphatic carbocycles. The second-order valence-corrected chi connectivity index (χ2v) is 3.39. The first-order valence-electron chi connectivity index (χ1n) is 4.67. The number of hydrogen-bond donors (Lipinski definition) is 0. The molecule has 0 spiro atoms. The third kappa shape index (κ3) is 1.72. The van der Waals surface area contributed by atoms with Gasteiger partial charge in [-0.15, -0.1) is 0 Å². The van der Waals surface area contributed by atoms with Gasteiger partial charge in [0.05, 0.1) is 12.2 Å². The fourth-order valence-electron chi connectivity index (χ4n) is 1.67. The molecule has 0 bridgehead atoms. The molecule has 1 aliphatic heterocycles. The van der Waals surface area contributed by atoms with E-state index in [9.17, 15) is 9.18 Å². The summed E-state index contributed by atoms with van der Waals surface area (Å²) in [5, 5.41) is 0. The molecule has 0 fully saturated rings. The van der Waals surface area contributed by atoms with Crippen LogP contribution in [0.1, 0.15) is 22.1 Å². The lowest BCUT2D eigenvalue weighted by molar-refractivity contribution is -0.0324. The third-order valence-electron chi connectivity index (χ3n) is 2.39. The first kappa shape index (κ1) is 10.1. The number of rotatable bonds is 2. The van der Waals surface area contributed by atoms with Gasteiger partial charge in [0, 0.05) is 12.7 Å². The first-order chi connectivity index (χ1) is 7.24. The molecule has 0 N–H and O–H groups in total. The van der Waals surface area contributed by atoms with Crippen LogP contribution < -0.4 is 0 Å². The monoisotopic (exact) mass is 210 g/mol. The van der Waals surface area contributed by atoms with Crippen LogP contribution in [-0.2, 0) is 9.47 Å². The number of esters is 1. The summed E-state index contributed by atoms with van der Waals surface area (Å²) in [5.41, 5.74) is 0.688. The minimum absolute atomic E-state index is 0.0707. The number of halogens is 1. The van der Waals surface area contributed by atoms with E-state index in [0.29, 0.717) is 11.1 Å². The van der Waals surface area contributed by atoms with E-state index in [1.807, 2.05) is 0 Å². The van der Waals surface area contributed by atoms with Crippen molar-refractivity contribution in [1.82, 2.24) is 0 Å². The van der Waals surface area contributed by atoms with E-state index >= 15 is 0 Å². The molecule has 3 nitrogen and oxygen atoms in total. The summed E-state index contributed by atoms with van der Waals surface area (Å²) in [6, 6.07) is 6.55. The molecule has 0 saturated carbocycles. The van der Waals surface area contributed by atoms with Crippen molar-refractivity contribution >= 4 is 5.97 Å². The van der Waals surface area contributed by atoms with E-state index in [0.717, 1.165) is 0 Å². The van der Waals surface area contributed by atoms with Crippen molar-refractivity contribution in [2.45, 2.75) is 12.3 Å². The molecular formula is C11H11FO3. The summed E-state index contributed by atoms with van der Waals surface area (Å²) in [4.78, 5) is 11.5. The van der Waals surface area contributed by atoms with Crippen LogP contribution in [0.3, 0.4) is 0 Å². The largest absolute Gasteiger partial charge is 0.453 e. The molecule has 4 heteroatoms. The van der Waals surface area contributed by atoms with Crippen molar-refractivity contribution in [3.63, 3.8) is 0 Å². The van der Waals surface area contributed by atoms with E-state index in [-0.39, 0.29) is 6.61 Å². The topological polar surface area (TPSA) is 35.5 Å². The maximum Gasteiger partial charge on any atom is 0.338 e. The number of carbonyl (C=O) groups excluding carboxylic acids is 1. The Morgan fingerprint density at radius 1 is 1.47 bits per heavy atom. The van der Waals surface area contributed by atoms with Crippen molar-refractivity contribution in [2.24, 2.45) is 0 Å². The molecule has 2 rings (SSSR count). The lowest BCUT2D eigenvalue weighted by Gasteiger charge is -2.27. The minimum Gasteiger partial charge on any atom is -0.453 e. The Bertz CT molecular complexity index is 378. The Morgan fingerprint density at radius 2 is 2.20 bits per heavy atom. The molecule has 0 saturated heterocycles. The zero-order chi connectivity index (χ0) is 10.8. The van der Waals surface area contributed by atoms with Crippen LogP contribution in [0.25, 0.3) is 0 Å². The van der Waals surface area contributed by atoms with Gasteiger partial charge in [0.1, 0.15) is 0 Å². The summed E-state index contributed by atoms with van der Waals surface area (Å²) in [5.74, 6) is -0.485. The highest BCUT2D eigenvalue weighted by Crippen LogP contribution is 2.32. The van der Waals surface area contributed by atoms with Gasteiger partial charge in [-0.1, -0.05) is 18.2 Å². The fraction of sp³-hybridized carbons (Fsp3) is 0.364. The highest BCUT2D eigenvalue weighted by Gasteiger charge is 2.35. The van der Waals surface area contributed by atoms with Crippen LogP contribution in [0, 0.1) is 0 Å². The summed E-state index contributed by atoms with van der Waals surface area (Å²) in [6.45, 7) is 0.0707. The molecule has 1 aromatic rings. The second-order valence-electron chi connectivity index (χ2n) is 3.39. The Balaban J connectivity index is 2.35. The van der Waals surface area contributed by atoms with Crippen LogP contribution in [-0.4, -0.2) is 25.8 Å². The molecule has 1 aromatic carbocycles. The first-order valence-corrected chi connectivity index (χ1v) is 4.67. The van der Waals surface area contributed by atoms with E-state index in [1.54, 1.807) is 24.3 Å². The van der Waals surface area contributed by atoms with Gasteiger partial charge in [-0.05, 0) is 6.07 Å². The zero-order valence-corrected chi connectivity index (χ0v) is 8.27. The van der Waals surface area contributed by atoms with Crippen LogP contribution in [0.4, 0.5) is 4.39 Å². The quantitative estimate of drug-likeness (QED) is 0.699. The van der Waals surface area contributed by atoms with Crippen molar-refractivity contribution < 1.29 is 18.7 Å². The van der Waals surface area contributed by atoms with Gasteiger partial charge in [0.25, 0.3) is 0 Å². The average molecular weight is 210 g/mol. The number of cyclic esters (lactones) is 1. The van der Waals surface area contributed by atoms with Crippen molar-refractivity contribution in [2.75, 3.05) is 13.7 Å². The van der Waals surface area contributed by atoms with Crippen molar-refractivity contribution in [3.8, 4) is 0 Å². The smallest absolute Gasteiger partial charge is 0.338 e. The predicted molar refractivity (Wildman–Crippen MR) is 51.4 cm³/mol. The molecule has 80 valence electrons. The summed E-state index contributed by atoms with van der Waals surface area (Å²) < 4.78 is 23.6. The van der Waals surface area contributed by atoms with Gasteiger partial charge in [-0.2, -0.15) is 0 Å². The standard InChI is InChI=1S/C11H11FO3/c1-14-6-9-10(12)7-4-2-3-5-8(7)11(13)15-9/h2-5,9-10H,6H2,1H3/t9-,10-/m0/s1. The molecule has 0 amide bonds.